The highest BCUT2D eigenvalue weighted by molar-refractivity contribution is 6.31. The van der Waals surface area contributed by atoms with Gasteiger partial charge in [-0.2, -0.15) is 0 Å². The second-order valence-electron chi connectivity index (χ2n) is 3.92. The van der Waals surface area contributed by atoms with Crippen molar-refractivity contribution < 1.29 is 14.0 Å². The van der Waals surface area contributed by atoms with Crippen LogP contribution in [0.15, 0.2) is 29.7 Å². The van der Waals surface area contributed by atoms with Crippen LogP contribution in [0.3, 0.4) is 0 Å². The Labute approximate surface area is 125 Å². The van der Waals surface area contributed by atoms with Gasteiger partial charge in [0, 0.05) is 5.56 Å². The van der Waals surface area contributed by atoms with Crippen LogP contribution in [0.25, 0.3) is 0 Å². The van der Waals surface area contributed by atoms with E-state index in [1.54, 1.807) is 0 Å². The summed E-state index contributed by atoms with van der Waals surface area (Å²) >= 11 is 5.93. The van der Waals surface area contributed by atoms with E-state index in [-0.39, 0.29) is 23.3 Å². The fraction of sp³-hybridized carbons (Fsp3) is 0.154. The summed E-state index contributed by atoms with van der Waals surface area (Å²) in [5.74, 6) is 0.0117. The molecule has 0 bridgehead atoms. The van der Waals surface area contributed by atoms with Crippen LogP contribution in [0.5, 0.6) is 5.88 Å². The van der Waals surface area contributed by atoms with Gasteiger partial charge in [0.1, 0.15) is 37.2 Å². The van der Waals surface area contributed by atoms with E-state index < -0.39 is 5.82 Å². The van der Waals surface area contributed by atoms with E-state index in [9.17, 15) is 4.39 Å². The lowest BCUT2D eigenvalue weighted by atomic mass is 10.2. The Morgan fingerprint density at radius 2 is 2.24 bits per heavy atom. The Bertz CT molecular complexity index is 667. The zero-order valence-corrected chi connectivity index (χ0v) is 11.8. The number of hydrogen-bond acceptors (Lipinski definition) is 6. The monoisotopic (exact) mass is 310 g/mol. The van der Waals surface area contributed by atoms with Crippen molar-refractivity contribution in [2.75, 3.05) is 12.8 Å². The summed E-state index contributed by atoms with van der Waals surface area (Å²) in [5.41, 5.74) is 6.73. The predicted octanol–water partition coefficient (Wildman–Crippen LogP) is 2.41. The van der Waals surface area contributed by atoms with Gasteiger partial charge < -0.3 is 15.3 Å². The average molecular weight is 311 g/mol. The predicted molar refractivity (Wildman–Crippen MR) is 76.8 cm³/mol. The van der Waals surface area contributed by atoms with E-state index >= 15 is 0 Å². The maximum absolute atomic E-state index is 13.0. The standard InChI is InChI=1S/C13H12ClFN4O2/c1-20-19-5-10-12(16)17-7-18-13(10)21-6-8-2-3-9(15)4-11(8)14/h2-5,7H,6H2,1H3,(H2,16,17,18)/b19-5-. The number of ether oxygens (including phenoxy) is 1. The Kier molecular flexibility index (Phi) is 4.89. The number of rotatable bonds is 5. The lowest BCUT2D eigenvalue weighted by Crippen LogP contribution is -2.05. The van der Waals surface area contributed by atoms with E-state index in [4.69, 9.17) is 22.1 Å². The number of anilines is 1. The molecular weight excluding hydrogens is 299 g/mol. The van der Waals surface area contributed by atoms with E-state index in [0.717, 1.165) is 0 Å². The Balaban J connectivity index is 2.20. The van der Waals surface area contributed by atoms with Crippen molar-refractivity contribution in [2.24, 2.45) is 5.16 Å². The fourth-order valence-electron chi connectivity index (χ4n) is 1.52. The highest BCUT2D eigenvalue weighted by atomic mass is 35.5. The van der Waals surface area contributed by atoms with Gasteiger partial charge in [0.15, 0.2) is 0 Å². The second kappa shape index (κ2) is 6.85. The highest BCUT2D eigenvalue weighted by Gasteiger charge is 2.10. The molecule has 2 rings (SSSR count). The summed E-state index contributed by atoms with van der Waals surface area (Å²) in [6.45, 7) is 0.101. The second-order valence-corrected chi connectivity index (χ2v) is 4.33. The largest absolute Gasteiger partial charge is 0.472 e. The van der Waals surface area contributed by atoms with Crippen molar-refractivity contribution in [3.05, 3.63) is 46.5 Å². The van der Waals surface area contributed by atoms with Crippen LogP contribution in [0.1, 0.15) is 11.1 Å². The molecule has 6 nitrogen and oxygen atoms in total. The van der Waals surface area contributed by atoms with E-state index in [1.165, 1.54) is 37.9 Å². The first-order chi connectivity index (χ1) is 10.1. The number of aromatic nitrogens is 2. The first-order valence-corrected chi connectivity index (χ1v) is 6.23. The summed E-state index contributed by atoms with van der Waals surface area (Å²) in [4.78, 5) is 12.4. The summed E-state index contributed by atoms with van der Waals surface area (Å²) in [5, 5.41) is 3.87. The third-order valence-electron chi connectivity index (χ3n) is 2.54. The molecule has 2 aromatic rings. The molecule has 0 radical (unpaired) electrons. The minimum atomic E-state index is -0.414. The first kappa shape index (κ1) is 15.0. The zero-order chi connectivity index (χ0) is 15.2. The first-order valence-electron chi connectivity index (χ1n) is 5.85. The molecule has 8 heteroatoms. The van der Waals surface area contributed by atoms with E-state index in [2.05, 4.69) is 20.0 Å². The normalized spacial score (nSPS) is 10.8. The van der Waals surface area contributed by atoms with Crippen molar-refractivity contribution in [1.82, 2.24) is 9.97 Å². The lowest BCUT2D eigenvalue weighted by Gasteiger charge is -2.09. The lowest BCUT2D eigenvalue weighted by molar-refractivity contribution is 0.215. The Hall–Kier alpha value is -2.41. The molecule has 0 unspecified atom stereocenters. The third kappa shape index (κ3) is 3.79. The van der Waals surface area contributed by atoms with Gasteiger partial charge in [-0.25, -0.2) is 14.4 Å². The summed E-state index contributed by atoms with van der Waals surface area (Å²) in [6, 6.07) is 4.04. The van der Waals surface area contributed by atoms with Crippen LogP contribution in [-0.2, 0) is 11.4 Å². The Morgan fingerprint density at radius 1 is 1.43 bits per heavy atom. The molecule has 1 aromatic heterocycles. The number of nitrogen functional groups attached to an aromatic ring is 1. The van der Waals surface area contributed by atoms with Crippen molar-refractivity contribution in [1.29, 1.82) is 0 Å². The van der Waals surface area contributed by atoms with Crippen LogP contribution < -0.4 is 10.5 Å². The van der Waals surface area contributed by atoms with Crippen molar-refractivity contribution in [2.45, 2.75) is 6.61 Å². The summed E-state index contributed by atoms with van der Waals surface area (Å²) < 4.78 is 18.5. The smallest absolute Gasteiger partial charge is 0.228 e. The van der Waals surface area contributed by atoms with Gasteiger partial charge in [-0.1, -0.05) is 22.8 Å². The molecule has 0 atom stereocenters. The number of nitrogens with zero attached hydrogens (tertiary/aromatic N) is 3. The van der Waals surface area contributed by atoms with Crippen LogP contribution in [0, 0.1) is 5.82 Å². The van der Waals surface area contributed by atoms with E-state index in [0.29, 0.717) is 11.1 Å². The van der Waals surface area contributed by atoms with Crippen LogP contribution in [0.2, 0.25) is 5.02 Å². The van der Waals surface area contributed by atoms with E-state index in [1.807, 2.05) is 0 Å². The topological polar surface area (TPSA) is 82.6 Å². The van der Waals surface area contributed by atoms with Gasteiger partial charge in [0.05, 0.1) is 11.2 Å². The molecule has 0 aliphatic heterocycles. The third-order valence-corrected chi connectivity index (χ3v) is 2.90. The van der Waals surface area contributed by atoms with Gasteiger partial charge in [0.2, 0.25) is 5.88 Å². The minimum Gasteiger partial charge on any atom is -0.472 e. The highest BCUT2D eigenvalue weighted by Crippen LogP contribution is 2.22. The van der Waals surface area contributed by atoms with Crippen LogP contribution in [-0.4, -0.2) is 23.3 Å². The summed E-state index contributed by atoms with van der Waals surface area (Å²) in [7, 11) is 1.40. The molecule has 1 heterocycles. The molecule has 1 aromatic carbocycles. The molecule has 2 N–H and O–H groups in total. The maximum atomic E-state index is 13.0. The number of hydrogen-bond donors (Lipinski definition) is 1. The van der Waals surface area contributed by atoms with Crippen LogP contribution in [0.4, 0.5) is 10.2 Å². The summed E-state index contributed by atoms with van der Waals surface area (Å²) in [6.07, 6.45) is 2.61. The fourth-order valence-corrected chi connectivity index (χ4v) is 1.74. The van der Waals surface area contributed by atoms with Crippen molar-refractivity contribution in [3.8, 4) is 5.88 Å². The van der Waals surface area contributed by atoms with Crippen molar-refractivity contribution in [3.63, 3.8) is 0 Å². The van der Waals surface area contributed by atoms with Gasteiger partial charge in [-0.15, -0.1) is 0 Å². The molecule has 0 spiro atoms. The molecule has 21 heavy (non-hydrogen) atoms. The molecule has 0 aliphatic rings. The molecule has 110 valence electrons. The Morgan fingerprint density at radius 3 is 2.95 bits per heavy atom. The molecular formula is C13H12ClFN4O2. The van der Waals surface area contributed by atoms with Gasteiger partial charge in [-0.05, 0) is 12.1 Å². The van der Waals surface area contributed by atoms with Crippen LogP contribution >= 0.6 is 11.6 Å². The SMILES string of the molecule is CO/N=C\c1c(N)ncnc1OCc1ccc(F)cc1Cl. The maximum Gasteiger partial charge on any atom is 0.228 e. The van der Waals surface area contributed by atoms with Gasteiger partial charge in [-0.3, -0.25) is 0 Å². The molecule has 0 amide bonds. The number of benzene rings is 1. The average Bonchev–Trinajstić information content (AvgIpc) is 2.45. The molecule has 0 fully saturated rings. The quantitative estimate of drug-likeness (QED) is 0.677. The van der Waals surface area contributed by atoms with Gasteiger partial charge >= 0.3 is 0 Å². The van der Waals surface area contributed by atoms with Gasteiger partial charge in [0.25, 0.3) is 0 Å². The molecule has 0 saturated carbocycles. The minimum absolute atomic E-state index is 0.101. The molecule has 0 aliphatic carbocycles. The molecule has 0 saturated heterocycles. The zero-order valence-electron chi connectivity index (χ0n) is 11.1. The van der Waals surface area contributed by atoms with Crippen molar-refractivity contribution >= 4 is 23.6 Å². The number of halogens is 2. The number of oxime groups is 1. The number of nitrogens with two attached hydrogens (primary N) is 1.